The zero-order valence-corrected chi connectivity index (χ0v) is 9.74. The van der Waals surface area contributed by atoms with Gasteiger partial charge in [-0.25, -0.2) is 5.48 Å². The second kappa shape index (κ2) is 4.77. The van der Waals surface area contributed by atoms with Gasteiger partial charge in [-0.15, -0.1) is 11.3 Å². The summed E-state index contributed by atoms with van der Waals surface area (Å²) in [5.74, 6) is 0.0321. The molecule has 0 saturated carbocycles. The molecule has 0 aromatic carbocycles. The van der Waals surface area contributed by atoms with Gasteiger partial charge in [0.05, 0.1) is 5.75 Å². The predicted molar refractivity (Wildman–Crippen MR) is 57.8 cm³/mol. The first kappa shape index (κ1) is 11.5. The Morgan fingerprint density at radius 3 is 2.71 bits per heavy atom. The lowest BCUT2D eigenvalue weighted by Gasteiger charge is -2.03. The van der Waals surface area contributed by atoms with Crippen molar-refractivity contribution in [2.45, 2.75) is 20.3 Å². The Morgan fingerprint density at radius 1 is 1.50 bits per heavy atom. The van der Waals surface area contributed by atoms with Crippen molar-refractivity contribution in [2.75, 3.05) is 11.2 Å². The molecule has 1 aromatic rings. The standard InChI is InChI=1S/C8H13NO3S2/c1-3-6-14(10,11)12-9-8-5-4-7(2)13-8/h4-5,9H,3,6H2,1-2H3. The minimum atomic E-state index is -3.43. The molecule has 0 aliphatic heterocycles. The highest BCUT2D eigenvalue weighted by Crippen LogP contribution is 2.20. The molecule has 0 amide bonds. The van der Waals surface area contributed by atoms with Gasteiger partial charge in [-0.3, -0.25) is 0 Å². The quantitative estimate of drug-likeness (QED) is 0.794. The van der Waals surface area contributed by atoms with Gasteiger partial charge in [-0.05, 0) is 25.5 Å². The minimum absolute atomic E-state index is 0.0321. The van der Waals surface area contributed by atoms with Gasteiger partial charge in [0.25, 0.3) is 10.1 Å². The van der Waals surface area contributed by atoms with Crippen molar-refractivity contribution in [3.05, 3.63) is 17.0 Å². The number of hydrogen-bond acceptors (Lipinski definition) is 5. The summed E-state index contributed by atoms with van der Waals surface area (Å²) in [5, 5.41) is 0.696. The number of nitrogens with one attached hydrogen (secondary N) is 1. The summed E-state index contributed by atoms with van der Waals surface area (Å²) >= 11 is 1.45. The maximum atomic E-state index is 11.1. The Labute approximate surface area is 88.0 Å². The van der Waals surface area contributed by atoms with E-state index in [1.807, 2.05) is 13.0 Å². The highest BCUT2D eigenvalue weighted by atomic mass is 32.2. The van der Waals surface area contributed by atoms with Gasteiger partial charge >= 0.3 is 0 Å². The van der Waals surface area contributed by atoms with Crippen LogP contribution < -0.4 is 5.48 Å². The van der Waals surface area contributed by atoms with E-state index in [0.29, 0.717) is 11.4 Å². The Hall–Kier alpha value is -0.590. The normalized spacial score (nSPS) is 11.6. The van der Waals surface area contributed by atoms with E-state index in [2.05, 4.69) is 9.76 Å². The second-order valence-electron chi connectivity index (χ2n) is 2.86. The summed E-state index contributed by atoms with van der Waals surface area (Å²) in [6.45, 7) is 3.73. The maximum absolute atomic E-state index is 11.1. The van der Waals surface area contributed by atoms with Gasteiger partial charge in [0, 0.05) is 4.88 Å². The lowest BCUT2D eigenvalue weighted by Crippen LogP contribution is -2.13. The molecule has 0 aliphatic carbocycles. The van der Waals surface area contributed by atoms with Crippen LogP contribution in [0.2, 0.25) is 0 Å². The third-order valence-corrected chi connectivity index (χ3v) is 3.61. The summed E-state index contributed by atoms with van der Waals surface area (Å²) in [6.07, 6.45) is 0.549. The fourth-order valence-electron chi connectivity index (χ4n) is 0.886. The van der Waals surface area contributed by atoms with Gasteiger partial charge < -0.3 is 0 Å². The largest absolute Gasteiger partial charge is 0.287 e. The molecule has 4 nitrogen and oxygen atoms in total. The Bertz CT molecular complexity index is 383. The van der Waals surface area contributed by atoms with Crippen LogP contribution in [0, 0.1) is 6.92 Å². The molecule has 1 heterocycles. The van der Waals surface area contributed by atoms with E-state index in [9.17, 15) is 8.42 Å². The molecular weight excluding hydrogens is 222 g/mol. The van der Waals surface area contributed by atoms with Crippen molar-refractivity contribution in [3.63, 3.8) is 0 Å². The lowest BCUT2D eigenvalue weighted by atomic mass is 10.5. The summed E-state index contributed by atoms with van der Waals surface area (Å²) in [4.78, 5) is 1.10. The van der Waals surface area contributed by atoms with E-state index >= 15 is 0 Å². The lowest BCUT2D eigenvalue weighted by molar-refractivity contribution is 0.392. The Kier molecular flexibility index (Phi) is 3.91. The molecule has 0 aliphatic rings. The highest BCUT2D eigenvalue weighted by molar-refractivity contribution is 7.86. The molecule has 1 N–H and O–H groups in total. The number of aryl methyl sites for hydroxylation is 1. The van der Waals surface area contributed by atoms with E-state index in [-0.39, 0.29) is 5.75 Å². The van der Waals surface area contributed by atoms with Crippen LogP contribution in [0.15, 0.2) is 12.1 Å². The maximum Gasteiger partial charge on any atom is 0.287 e. The smallest absolute Gasteiger partial charge is 0.239 e. The van der Waals surface area contributed by atoms with Gasteiger partial charge in [0.2, 0.25) is 0 Å². The van der Waals surface area contributed by atoms with Crippen LogP contribution in [-0.4, -0.2) is 14.2 Å². The van der Waals surface area contributed by atoms with Crippen LogP contribution in [0.4, 0.5) is 5.00 Å². The van der Waals surface area contributed by atoms with Crippen LogP contribution in [0.1, 0.15) is 18.2 Å². The van der Waals surface area contributed by atoms with Crippen molar-refractivity contribution in [2.24, 2.45) is 0 Å². The zero-order valence-electron chi connectivity index (χ0n) is 8.11. The van der Waals surface area contributed by atoms with Crippen molar-refractivity contribution in [1.82, 2.24) is 0 Å². The summed E-state index contributed by atoms with van der Waals surface area (Å²) < 4.78 is 26.9. The van der Waals surface area contributed by atoms with Crippen molar-refractivity contribution >= 4 is 26.5 Å². The number of thiophene rings is 1. The average molecular weight is 235 g/mol. The van der Waals surface area contributed by atoms with Crippen molar-refractivity contribution < 1.29 is 12.7 Å². The van der Waals surface area contributed by atoms with Crippen LogP contribution in [0.5, 0.6) is 0 Å². The second-order valence-corrected chi connectivity index (χ2v) is 5.84. The molecule has 0 saturated heterocycles. The topological polar surface area (TPSA) is 55.4 Å². The fourth-order valence-corrected chi connectivity index (χ4v) is 2.44. The third-order valence-electron chi connectivity index (χ3n) is 1.46. The Morgan fingerprint density at radius 2 is 2.21 bits per heavy atom. The molecule has 0 fully saturated rings. The van der Waals surface area contributed by atoms with E-state index < -0.39 is 10.1 Å². The molecule has 0 bridgehead atoms. The first-order valence-corrected chi connectivity index (χ1v) is 6.66. The summed E-state index contributed by atoms with van der Waals surface area (Å²) in [7, 11) is -3.43. The SMILES string of the molecule is CCCS(=O)(=O)ONc1ccc(C)s1. The molecule has 1 rings (SSSR count). The van der Waals surface area contributed by atoms with Gasteiger partial charge in [0.1, 0.15) is 5.00 Å². The first-order chi connectivity index (χ1) is 6.53. The van der Waals surface area contributed by atoms with Gasteiger partial charge in [-0.1, -0.05) is 6.92 Å². The molecule has 80 valence electrons. The number of anilines is 1. The third kappa shape index (κ3) is 3.65. The molecule has 1 aromatic heterocycles. The predicted octanol–water partition coefficient (Wildman–Crippen LogP) is 2.14. The molecule has 0 radical (unpaired) electrons. The highest BCUT2D eigenvalue weighted by Gasteiger charge is 2.09. The molecule has 14 heavy (non-hydrogen) atoms. The van der Waals surface area contributed by atoms with Crippen LogP contribution in [0.25, 0.3) is 0 Å². The van der Waals surface area contributed by atoms with Gasteiger partial charge in [0.15, 0.2) is 0 Å². The van der Waals surface area contributed by atoms with Crippen LogP contribution in [0.3, 0.4) is 0 Å². The van der Waals surface area contributed by atoms with E-state index in [1.165, 1.54) is 11.3 Å². The van der Waals surface area contributed by atoms with Crippen molar-refractivity contribution in [3.8, 4) is 0 Å². The zero-order chi connectivity index (χ0) is 10.6. The summed E-state index contributed by atoms with van der Waals surface area (Å²) in [5.41, 5.74) is 2.42. The molecule has 6 heteroatoms. The van der Waals surface area contributed by atoms with E-state index in [1.54, 1.807) is 13.0 Å². The summed E-state index contributed by atoms with van der Waals surface area (Å²) in [6, 6.07) is 3.67. The Balaban J connectivity index is 2.48. The minimum Gasteiger partial charge on any atom is -0.239 e. The molecule has 0 spiro atoms. The molecule has 0 atom stereocenters. The monoisotopic (exact) mass is 235 g/mol. The van der Waals surface area contributed by atoms with Crippen LogP contribution in [-0.2, 0) is 14.4 Å². The average Bonchev–Trinajstić information content (AvgIpc) is 2.48. The van der Waals surface area contributed by atoms with E-state index in [4.69, 9.17) is 0 Å². The van der Waals surface area contributed by atoms with Crippen LogP contribution >= 0.6 is 11.3 Å². The molecular formula is C8H13NO3S2. The molecule has 0 unspecified atom stereocenters. The van der Waals surface area contributed by atoms with Crippen molar-refractivity contribution in [1.29, 1.82) is 0 Å². The first-order valence-electron chi connectivity index (χ1n) is 4.27. The number of rotatable bonds is 5. The van der Waals surface area contributed by atoms with E-state index in [0.717, 1.165) is 4.88 Å². The van der Waals surface area contributed by atoms with Gasteiger partial charge in [-0.2, -0.15) is 12.7 Å². The number of hydrogen-bond donors (Lipinski definition) is 1. The fraction of sp³-hybridized carbons (Fsp3) is 0.500.